The Labute approximate surface area is 102 Å². The minimum atomic E-state index is 0.398. The van der Waals surface area contributed by atoms with E-state index in [1.54, 1.807) is 0 Å². The monoisotopic (exact) mass is 236 g/mol. The van der Waals surface area contributed by atoms with Crippen LogP contribution in [-0.4, -0.2) is 25.2 Å². The minimum absolute atomic E-state index is 0.398. The fraction of sp³-hybridized carbons (Fsp3) is 0.692. The molecule has 0 spiro atoms. The van der Waals surface area contributed by atoms with Gasteiger partial charge >= 0.3 is 0 Å². The highest BCUT2D eigenvalue weighted by atomic mass is 32.1. The molecule has 2 unspecified atom stereocenters. The number of fused-ring (bicyclic) bond motifs is 1. The third-order valence-electron chi connectivity index (χ3n) is 4.04. The summed E-state index contributed by atoms with van der Waals surface area (Å²) >= 11 is 1.88. The lowest BCUT2D eigenvalue weighted by molar-refractivity contribution is 0.292. The van der Waals surface area contributed by atoms with Crippen molar-refractivity contribution in [3.8, 4) is 0 Å². The molecule has 2 aliphatic heterocycles. The Morgan fingerprint density at radius 2 is 2.38 bits per heavy atom. The molecule has 0 radical (unpaired) electrons. The fourth-order valence-electron chi connectivity index (χ4n) is 3.36. The molecular weight excluding hydrogens is 216 g/mol. The van der Waals surface area contributed by atoms with Crippen molar-refractivity contribution in [3.05, 3.63) is 17.5 Å². The maximum Gasteiger partial charge on any atom is 0.0911 e. The summed E-state index contributed by atoms with van der Waals surface area (Å²) in [6.07, 6.45) is 2.66. The van der Waals surface area contributed by atoms with Gasteiger partial charge < -0.3 is 10.2 Å². The number of nitrogens with zero attached hydrogens (tertiary/aromatic N) is 1. The first kappa shape index (κ1) is 10.6. The molecule has 16 heavy (non-hydrogen) atoms. The molecule has 0 bridgehead atoms. The number of rotatable bonds is 1. The number of thiophene rings is 1. The van der Waals surface area contributed by atoms with Gasteiger partial charge in [0, 0.05) is 19.1 Å². The second kappa shape index (κ2) is 3.74. The summed E-state index contributed by atoms with van der Waals surface area (Å²) < 4.78 is 0. The van der Waals surface area contributed by atoms with E-state index in [1.165, 1.54) is 24.4 Å². The summed E-state index contributed by atoms with van der Waals surface area (Å²) in [6.45, 7) is 7.18. The van der Waals surface area contributed by atoms with Gasteiger partial charge in [-0.3, -0.25) is 0 Å². The standard InChI is InChI=1S/C13H20N2S/c1-13(2)9-14-10-5-3-7-15(12(10)13)11-6-4-8-16-11/h4,6,8,10,12,14H,3,5,7,9H2,1-2H3. The average molecular weight is 236 g/mol. The molecule has 2 aliphatic rings. The zero-order valence-corrected chi connectivity index (χ0v) is 10.9. The van der Waals surface area contributed by atoms with E-state index in [2.05, 4.69) is 41.6 Å². The summed E-state index contributed by atoms with van der Waals surface area (Å²) in [5.41, 5.74) is 0.398. The second-order valence-corrected chi connectivity index (χ2v) is 6.63. The molecule has 2 nitrogen and oxygen atoms in total. The van der Waals surface area contributed by atoms with E-state index in [4.69, 9.17) is 0 Å². The number of hydrogen-bond donors (Lipinski definition) is 1. The van der Waals surface area contributed by atoms with Gasteiger partial charge in [0.05, 0.1) is 11.0 Å². The van der Waals surface area contributed by atoms with Crippen molar-refractivity contribution >= 4 is 16.3 Å². The summed E-state index contributed by atoms with van der Waals surface area (Å²) in [7, 11) is 0. The van der Waals surface area contributed by atoms with Crippen molar-refractivity contribution in [2.75, 3.05) is 18.0 Å². The fourth-order valence-corrected chi connectivity index (χ4v) is 4.15. The first-order chi connectivity index (χ1) is 7.68. The minimum Gasteiger partial charge on any atom is -0.358 e. The molecule has 0 aromatic carbocycles. The van der Waals surface area contributed by atoms with Crippen LogP contribution in [0.5, 0.6) is 0 Å². The summed E-state index contributed by atoms with van der Waals surface area (Å²) in [5, 5.41) is 7.34. The largest absolute Gasteiger partial charge is 0.358 e. The molecular formula is C13H20N2S. The molecule has 2 atom stereocenters. The van der Waals surface area contributed by atoms with Crippen LogP contribution in [0.1, 0.15) is 26.7 Å². The van der Waals surface area contributed by atoms with E-state index < -0.39 is 0 Å². The quantitative estimate of drug-likeness (QED) is 0.806. The normalized spacial score (nSPS) is 32.8. The van der Waals surface area contributed by atoms with Crippen LogP contribution in [-0.2, 0) is 0 Å². The van der Waals surface area contributed by atoms with Gasteiger partial charge in [0.2, 0.25) is 0 Å². The Hall–Kier alpha value is -0.540. The van der Waals surface area contributed by atoms with E-state index in [-0.39, 0.29) is 0 Å². The van der Waals surface area contributed by atoms with Gasteiger partial charge in [-0.1, -0.05) is 13.8 Å². The predicted molar refractivity (Wildman–Crippen MR) is 70.3 cm³/mol. The first-order valence-corrected chi connectivity index (χ1v) is 7.10. The first-order valence-electron chi connectivity index (χ1n) is 6.22. The number of anilines is 1. The lowest BCUT2D eigenvalue weighted by Crippen LogP contribution is -2.53. The molecule has 3 heteroatoms. The van der Waals surface area contributed by atoms with Gasteiger partial charge in [-0.25, -0.2) is 0 Å². The Bertz CT molecular complexity index is 358. The van der Waals surface area contributed by atoms with Crippen molar-refractivity contribution in [2.24, 2.45) is 5.41 Å². The molecule has 1 N–H and O–H groups in total. The van der Waals surface area contributed by atoms with Crippen LogP contribution in [0.25, 0.3) is 0 Å². The van der Waals surface area contributed by atoms with Crippen molar-refractivity contribution in [1.82, 2.24) is 5.32 Å². The molecule has 3 heterocycles. The van der Waals surface area contributed by atoms with Crippen LogP contribution in [0.2, 0.25) is 0 Å². The van der Waals surface area contributed by atoms with E-state index in [0.717, 1.165) is 6.54 Å². The Balaban J connectivity index is 1.93. The molecule has 3 rings (SSSR count). The SMILES string of the molecule is CC1(C)CNC2CCCN(c3cccs3)C21. The highest BCUT2D eigenvalue weighted by molar-refractivity contribution is 7.14. The molecule has 0 saturated carbocycles. The van der Waals surface area contributed by atoms with Gasteiger partial charge in [-0.2, -0.15) is 0 Å². The Kier molecular flexibility index (Phi) is 2.48. The second-order valence-electron chi connectivity index (χ2n) is 5.71. The third-order valence-corrected chi connectivity index (χ3v) is 4.95. The van der Waals surface area contributed by atoms with Gasteiger partial charge in [-0.05, 0) is 35.8 Å². The van der Waals surface area contributed by atoms with Crippen molar-refractivity contribution in [3.63, 3.8) is 0 Å². The van der Waals surface area contributed by atoms with Crippen molar-refractivity contribution in [1.29, 1.82) is 0 Å². The molecule has 0 aliphatic carbocycles. The highest BCUT2D eigenvalue weighted by Crippen LogP contribution is 2.40. The average Bonchev–Trinajstić information content (AvgIpc) is 2.87. The maximum atomic E-state index is 3.70. The predicted octanol–water partition coefficient (Wildman–Crippen LogP) is 2.71. The van der Waals surface area contributed by atoms with Gasteiger partial charge in [0.25, 0.3) is 0 Å². The van der Waals surface area contributed by atoms with Crippen molar-refractivity contribution in [2.45, 2.75) is 38.8 Å². The van der Waals surface area contributed by atoms with E-state index in [0.29, 0.717) is 17.5 Å². The topological polar surface area (TPSA) is 15.3 Å². The zero-order valence-electron chi connectivity index (χ0n) is 10.1. The summed E-state index contributed by atoms with van der Waals surface area (Å²) in [5.74, 6) is 0. The summed E-state index contributed by atoms with van der Waals surface area (Å²) in [4.78, 5) is 2.64. The van der Waals surface area contributed by atoms with Crippen LogP contribution in [0.15, 0.2) is 17.5 Å². The lowest BCUT2D eigenvalue weighted by atomic mass is 9.80. The highest BCUT2D eigenvalue weighted by Gasteiger charge is 2.46. The van der Waals surface area contributed by atoms with Crippen LogP contribution in [0.4, 0.5) is 5.00 Å². The number of piperidine rings is 1. The Morgan fingerprint density at radius 3 is 3.12 bits per heavy atom. The number of nitrogens with one attached hydrogen (secondary N) is 1. The van der Waals surface area contributed by atoms with Gasteiger partial charge in [0.1, 0.15) is 0 Å². The van der Waals surface area contributed by atoms with Crippen LogP contribution < -0.4 is 10.2 Å². The Morgan fingerprint density at radius 1 is 1.50 bits per heavy atom. The zero-order chi connectivity index (χ0) is 11.2. The molecule has 2 fully saturated rings. The molecule has 1 aromatic rings. The van der Waals surface area contributed by atoms with E-state index in [9.17, 15) is 0 Å². The van der Waals surface area contributed by atoms with E-state index in [1.807, 2.05) is 11.3 Å². The number of hydrogen-bond acceptors (Lipinski definition) is 3. The van der Waals surface area contributed by atoms with E-state index >= 15 is 0 Å². The van der Waals surface area contributed by atoms with Crippen LogP contribution >= 0.6 is 11.3 Å². The molecule has 1 aromatic heterocycles. The summed E-state index contributed by atoms with van der Waals surface area (Å²) in [6, 6.07) is 5.81. The maximum absolute atomic E-state index is 3.70. The molecule has 0 amide bonds. The van der Waals surface area contributed by atoms with Crippen LogP contribution in [0.3, 0.4) is 0 Å². The molecule has 2 saturated heterocycles. The smallest absolute Gasteiger partial charge is 0.0911 e. The van der Waals surface area contributed by atoms with Crippen molar-refractivity contribution < 1.29 is 0 Å². The lowest BCUT2D eigenvalue weighted by Gasteiger charge is -2.43. The molecule has 88 valence electrons. The third kappa shape index (κ3) is 1.57. The van der Waals surface area contributed by atoms with Gasteiger partial charge in [0.15, 0.2) is 0 Å². The van der Waals surface area contributed by atoms with Crippen LogP contribution in [0, 0.1) is 5.41 Å². The van der Waals surface area contributed by atoms with Gasteiger partial charge in [-0.15, -0.1) is 11.3 Å².